The van der Waals surface area contributed by atoms with Crippen LogP contribution in [0.5, 0.6) is 0 Å². The van der Waals surface area contributed by atoms with Crippen LogP contribution < -0.4 is 5.32 Å². The van der Waals surface area contributed by atoms with Gasteiger partial charge in [0.25, 0.3) is 0 Å². The van der Waals surface area contributed by atoms with Gasteiger partial charge in [-0.25, -0.2) is 4.39 Å². The van der Waals surface area contributed by atoms with E-state index in [1.165, 1.54) is 12.1 Å². The predicted molar refractivity (Wildman–Crippen MR) is 92.9 cm³/mol. The molecule has 6 heteroatoms. The molecule has 0 spiro atoms. The summed E-state index contributed by atoms with van der Waals surface area (Å²) in [7, 11) is 0. The Labute approximate surface area is 148 Å². The molecule has 0 unspecified atom stereocenters. The minimum Gasteiger partial charge on any atom is -0.356 e. The molecule has 2 aromatic carbocycles. The highest BCUT2D eigenvalue weighted by Gasteiger charge is 2.53. The van der Waals surface area contributed by atoms with Crippen LogP contribution in [0.2, 0.25) is 5.02 Å². The number of nitrogens with one attached hydrogen (secondary N) is 1. The van der Waals surface area contributed by atoms with Gasteiger partial charge in [-0.2, -0.15) is 0 Å². The van der Waals surface area contributed by atoms with E-state index in [4.69, 9.17) is 16.1 Å². The Balaban J connectivity index is 1.57. The summed E-state index contributed by atoms with van der Waals surface area (Å²) >= 11 is 5.89. The Bertz CT molecular complexity index is 933. The molecule has 1 amide bonds. The van der Waals surface area contributed by atoms with E-state index in [9.17, 15) is 9.18 Å². The van der Waals surface area contributed by atoms with Gasteiger partial charge in [-0.1, -0.05) is 22.8 Å². The van der Waals surface area contributed by atoms with Crippen LogP contribution in [0.3, 0.4) is 0 Å². The second-order valence-electron chi connectivity index (χ2n) is 6.13. The summed E-state index contributed by atoms with van der Waals surface area (Å²) in [6.07, 6.45) is 1.36. The van der Waals surface area contributed by atoms with Gasteiger partial charge in [0.2, 0.25) is 5.91 Å². The van der Waals surface area contributed by atoms with Crippen LogP contribution in [0.4, 0.5) is 10.1 Å². The van der Waals surface area contributed by atoms with Crippen molar-refractivity contribution in [2.75, 3.05) is 5.32 Å². The molecule has 25 heavy (non-hydrogen) atoms. The highest BCUT2D eigenvalue weighted by Crippen LogP contribution is 2.49. The molecule has 1 heterocycles. The first-order valence-corrected chi connectivity index (χ1v) is 8.25. The summed E-state index contributed by atoms with van der Waals surface area (Å²) in [5.74, 6) is -0.0142. The van der Waals surface area contributed by atoms with Gasteiger partial charge >= 0.3 is 0 Å². The molecule has 1 aliphatic carbocycles. The van der Waals surface area contributed by atoms with Gasteiger partial charge in [0.05, 0.1) is 11.1 Å². The zero-order valence-corrected chi connectivity index (χ0v) is 13.9. The molecule has 1 fully saturated rings. The lowest BCUT2D eigenvalue weighted by Crippen LogP contribution is -2.28. The molecule has 4 nitrogen and oxygen atoms in total. The Hall–Kier alpha value is -2.66. The molecular formula is C19H14ClFN2O2. The van der Waals surface area contributed by atoms with E-state index in [1.807, 2.05) is 12.1 Å². The van der Waals surface area contributed by atoms with Crippen LogP contribution in [-0.4, -0.2) is 11.1 Å². The zero-order valence-electron chi connectivity index (χ0n) is 13.1. The fraction of sp³-hybridized carbons (Fsp3) is 0.158. The Morgan fingerprint density at radius 2 is 1.92 bits per heavy atom. The smallest absolute Gasteiger partial charge is 0.236 e. The van der Waals surface area contributed by atoms with E-state index in [2.05, 4.69) is 10.5 Å². The molecule has 0 aliphatic heterocycles. The van der Waals surface area contributed by atoms with Crippen molar-refractivity contribution in [3.63, 3.8) is 0 Å². The van der Waals surface area contributed by atoms with Crippen molar-refractivity contribution >= 4 is 23.2 Å². The van der Waals surface area contributed by atoms with E-state index >= 15 is 0 Å². The maximum Gasteiger partial charge on any atom is 0.236 e. The first kappa shape index (κ1) is 15.8. The average Bonchev–Trinajstić information content (AvgIpc) is 3.26. The number of halogens is 2. The monoisotopic (exact) mass is 356 g/mol. The number of nitrogens with zero attached hydrogens (tertiary/aromatic N) is 1. The van der Waals surface area contributed by atoms with Crippen molar-refractivity contribution in [1.82, 2.24) is 5.16 Å². The second kappa shape index (κ2) is 6.01. The molecule has 0 saturated heterocycles. The summed E-state index contributed by atoms with van der Waals surface area (Å²) < 4.78 is 18.7. The van der Waals surface area contributed by atoms with Crippen LogP contribution in [0.1, 0.15) is 18.5 Å². The quantitative estimate of drug-likeness (QED) is 0.730. The predicted octanol–water partition coefficient (Wildman–Crippen LogP) is 4.80. The van der Waals surface area contributed by atoms with E-state index in [0.29, 0.717) is 35.0 Å². The van der Waals surface area contributed by atoms with Gasteiger partial charge < -0.3 is 9.84 Å². The number of hydrogen-bond donors (Lipinski definition) is 1. The van der Waals surface area contributed by atoms with Gasteiger partial charge in [-0.3, -0.25) is 4.79 Å². The molecule has 4 rings (SSSR count). The molecule has 0 radical (unpaired) electrons. The van der Waals surface area contributed by atoms with Gasteiger partial charge in [0.15, 0.2) is 5.76 Å². The van der Waals surface area contributed by atoms with Crippen molar-refractivity contribution in [2.24, 2.45) is 0 Å². The highest BCUT2D eigenvalue weighted by atomic mass is 35.5. The summed E-state index contributed by atoms with van der Waals surface area (Å²) in [4.78, 5) is 12.7. The lowest BCUT2D eigenvalue weighted by atomic mass is 10.00. The lowest BCUT2D eigenvalue weighted by molar-refractivity contribution is -0.118. The van der Waals surface area contributed by atoms with Crippen LogP contribution in [0.15, 0.2) is 59.1 Å². The Kier molecular flexibility index (Phi) is 3.81. The van der Waals surface area contributed by atoms with Crippen molar-refractivity contribution in [1.29, 1.82) is 0 Å². The van der Waals surface area contributed by atoms with E-state index in [1.54, 1.807) is 30.3 Å². The maximum absolute atomic E-state index is 13.3. The molecule has 1 aliphatic rings. The Morgan fingerprint density at radius 3 is 2.60 bits per heavy atom. The third-order valence-corrected chi connectivity index (χ3v) is 4.65. The molecule has 0 bridgehead atoms. The SMILES string of the molecule is O=C(Nc1cccc(F)c1)C1(c2cc(-c3ccc(Cl)cc3)on2)CC1. The summed E-state index contributed by atoms with van der Waals surface area (Å²) in [6.45, 7) is 0. The van der Waals surface area contributed by atoms with Gasteiger partial charge in [-0.05, 0) is 55.3 Å². The topological polar surface area (TPSA) is 55.1 Å². The minimum atomic E-state index is -0.708. The summed E-state index contributed by atoms with van der Waals surface area (Å²) in [6, 6.07) is 14.8. The lowest BCUT2D eigenvalue weighted by Gasteiger charge is -2.12. The van der Waals surface area contributed by atoms with E-state index < -0.39 is 11.2 Å². The maximum atomic E-state index is 13.3. The third-order valence-electron chi connectivity index (χ3n) is 4.40. The van der Waals surface area contributed by atoms with Crippen molar-refractivity contribution in [3.8, 4) is 11.3 Å². The van der Waals surface area contributed by atoms with Crippen LogP contribution in [0, 0.1) is 5.82 Å². The number of carbonyl (C=O) groups excluding carboxylic acids is 1. The molecule has 1 saturated carbocycles. The van der Waals surface area contributed by atoms with Crippen LogP contribution in [-0.2, 0) is 10.2 Å². The van der Waals surface area contributed by atoms with E-state index in [-0.39, 0.29) is 5.91 Å². The number of amides is 1. The fourth-order valence-electron chi connectivity index (χ4n) is 2.79. The number of aromatic nitrogens is 1. The minimum absolute atomic E-state index is 0.200. The highest BCUT2D eigenvalue weighted by molar-refractivity contribution is 6.30. The van der Waals surface area contributed by atoms with Crippen LogP contribution in [0.25, 0.3) is 11.3 Å². The molecule has 126 valence electrons. The molecule has 0 atom stereocenters. The standard InChI is InChI=1S/C19H14ClFN2O2/c20-13-6-4-12(5-7-13)16-11-17(23-25-16)19(8-9-19)18(24)22-15-3-1-2-14(21)10-15/h1-7,10-11H,8-9H2,(H,22,24). The number of anilines is 1. The zero-order chi connectivity index (χ0) is 17.4. The molecule has 1 aromatic heterocycles. The second-order valence-corrected chi connectivity index (χ2v) is 6.57. The molecule has 3 aromatic rings. The number of rotatable bonds is 4. The average molecular weight is 357 g/mol. The van der Waals surface area contributed by atoms with Gasteiger partial charge in [0.1, 0.15) is 5.82 Å². The molecular weight excluding hydrogens is 343 g/mol. The van der Waals surface area contributed by atoms with Gasteiger partial charge in [-0.15, -0.1) is 0 Å². The summed E-state index contributed by atoms with van der Waals surface area (Å²) in [5.41, 5.74) is 1.15. The number of carbonyl (C=O) groups is 1. The first-order chi connectivity index (χ1) is 12.1. The third kappa shape index (κ3) is 3.03. The van der Waals surface area contributed by atoms with Crippen molar-refractivity contribution in [3.05, 3.63) is 71.1 Å². The normalized spacial score (nSPS) is 15.0. The first-order valence-electron chi connectivity index (χ1n) is 7.87. The van der Waals surface area contributed by atoms with Crippen LogP contribution >= 0.6 is 11.6 Å². The van der Waals surface area contributed by atoms with Crippen molar-refractivity contribution < 1.29 is 13.7 Å². The summed E-state index contributed by atoms with van der Waals surface area (Å²) in [5, 5.41) is 7.48. The van der Waals surface area contributed by atoms with Gasteiger partial charge in [0, 0.05) is 22.3 Å². The largest absolute Gasteiger partial charge is 0.356 e. The van der Waals surface area contributed by atoms with E-state index in [0.717, 1.165) is 5.56 Å². The number of hydrogen-bond acceptors (Lipinski definition) is 3. The van der Waals surface area contributed by atoms with Crippen molar-refractivity contribution in [2.45, 2.75) is 18.3 Å². The Morgan fingerprint density at radius 1 is 1.16 bits per heavy atom. The number of benzene rings is 2. The molecule has 1 N–H and O–H groups in total. The fourth-order valence-corrected chi connectivity index (χ4v) is 2.92.